The van der Waals surface area contributed by atoms with Gasteiger partial charge in [0, 0.05) is 22.6 Å². The fourth-order valence-corrected chi connectivity index (χ4v) is 9.03. The van der Waals surface area contributed by atoms with Crippen molar-refractivity contribution in [3.8, 4) is 0 Å². The van der Waals surface area contributed by atoms with Gasteiger partial charge in [-0.05, 0) is 12.3 Å². The van der Waals surface area contributed by atoms with Crippen LogP contribution < -0.4 is 0 Å². The van der Waals surface area contributed by atoms with Crippen LogP contribution in [0.25, 0.3) is 0 Å². The Morgan fingerprint density at radius 1 is 1.05 bits per heavy atom. The van der Waals surface area contributed by atoms with E-state index in [-0.39, 0.29) is 28.2 Å². The SMILES string of the molecule is CC1C(O)CC2O[Si](C(C)(C)C)(C(C)(C)C)OCC21. The molecule has 1 heterocycles. The molecule has 0 amide bonds. The Hall–Kier alpha value is 0.0969. The molecule has 0 spiro atoms. The van der Waals surface area contributed by atoms with Gasteiger partial charge in [0.05, 0.1) is 12.2 Å². The highest BCUT2D eigenvalue weighted by Crippen LogP contribution is 2.56. The predicted octanol–water partition coefficient (Wildman–Crippen LogP) is 3.46. The largest absolute Gasteiger partial charge is 0.393 e. The second-order valence-electron chi connectivity index (χ2n) is 8.41. The second-order valence-corrected chi connectivity index (χ2v) is 13.2. The van der Waals surface area contributed by atoms with Crippen molar-refractivity contribution in [2.75, 3.05) is 6.61 Å². The van der Waals surface area contributed by atoms with Gasteiger partial charge in [-0.15, -0.1) is 0 Å². The van der Waals surface area contributed by atoms with Crippen molar-refractivity contribution >= 4 is 8.56 Å². The monoisotopic (exact) mass is 286 g/mol. The van der Waals surface area contributed by atoms with Crippen molar-refractivity contribution in [3.05, 3.63) is 0 Å². The van der Waals surface area contributed by atoms with E-state index in [0.717, 1.165) is 13.0 Å². The minimum absolute atomic E-state index is 0.0347. The molecule has 3 nitrogen and oxygen atoms in total. The van der Waals surface area contributed by atoms with Crippen LogP contribution in [0.2, 0.25) is 10.1 Å². The van der Waals surface area contributed by atoms with Crippen LogP contribution in [-0.2, 0) is 8.85 Å². The lowest BCUT2D eigenvalue weighted by Crippen LogP contribution is -2.63. The second kappa shape index (κ2) is 4.55. The lowest BCUT2D eigenvalue weighted by molar-refractivity contribution is -0.0197. The molecule has 1 aliphatic heterocycles. The van der Waals surface area contributed by atoms with Crippen LogP contribution in [0, 0.1) is 11.8 Å². The lowest BCUT2D eigenvalue weighted by atomic mass is 9.97. The average Bonchev–Trinajstić information content (AvgIpc) is 2.51. The van der Waals surface area contributed by atoms with E-state index in [1.807, 2.05) is 0 Å². The molecule has 19 heavy (non-hydrogen) atoms. The maximum absolute atomic E-state index is 10.1. The molecular weight excluding hydrogens is 256 g/mol. The maximum atomic E-state index is 10.1. The zero-order valence-corrected chi connectivity index (χ0v) is 14.5. The molecule has 0 radical (unpaired) electrons. The van der Waals surface area contributed by atoms with Crippen molar-refractivity contribution in [2.45, 2.75) is 77.2 Å². The average molecular weight is 286 g/mol. The molecule has 1 saturated heterocycles. The number of aliphatic hydroxyl groups excluding tert-OH is 1. The van der Waals surface area contributed by atoms with E-state index in [4.69, 9.17) is 8.85 Å². The third kappa shape index (κ3) is 2.31. The van der Waals surface area contributed by atoms with Crippen LogP contribution in [0.5, 0.6) is 0 Å². The molecule has 0 bridgehead atoms. The third-order valence-corrected chi connectivity index (χ3v) is 10.2. The summed E-state index contributed by atoms with van der Waals surface area (Å²) in [6, 6.07) is 0. The summed E-state index contributed by atoms with van der Waals surface area (Å²) in [6.45, 7) is 16.3. The van der Waals surface area contributed by atoms with Crippen LogP contribution in [0.15, 0.2) is 0 Å². The molecule has 1 saturated carbocycles. The van der Waals surface area contributed by atoms with Gasteiger partial charge in [-0.2, -0.15) is 0 Å². The lowest BCUT2D eigenvalue weighted by Gasteiger charge is -2.54. The smallest absolute Gasteiger partial charge is 0.349 e. The first kappa shape index (κ1) is 15.5. The number of aliphatic hydroxyl groups is 1. The molecule has 0 aromatic carbocycles. The van der Waals surface area contributed by atoms with Crippen LogP contribution in [0.3, 0.4) is 0 Å². The van der Waals surface area contributed by atoms with Crippen molar-refractivity contribution in [1.29, 1.82) is 0 Å². The van der Waals surface area contributed by atoms with E-state index in [2.05, 4.69) is 48.5 Å². The standard InChI is InChI=1S/C15H30O3Si/c1-10-11-9-17-19(14(2,3)4,15(5,6)7)18-13(11)8-12(10)16/h10-13,16H,8-9H2,1-7H3. The molecule has 2 rings (SSSR count). The Bertz CT molecular complexity index is 328. The van der Waals surface area contributed by atoms with Gasteiger partial charge in [0.15, 0.2) is 0 Å². The molecule has 1 N–H and O–H groups in total. The predicted molar refractivity (Wildman–Crippen MR) is 79.3 cm³/mol. The first-order chi connectivity index (χ1) is 8.49. The van der Waals surface area contributed by atoms with Gasteiger partial charge in [0.25, 0.3) is 0 Å². The number of rotatable bonds is 0. The number of hydrogen-bond acceptors (Lipinski definition) is 3. The Morgan fingerprint density at radius 3 is 2.05 bits per heavy atom. The first-order valence-corrected chi connectivity index (χ1v) is 9.31. The summed E-state index contributed by atoms with van der Waals surface area (Å²) in [7, 11) is -2.34. The van der Waals surface area contributed by atoms with E-state index < -0.39 is 8.56 Å². The van der Waals surface area contributed by atoms with E-state index in [1.54, 1.807) is 0 Å². The van der Waals surface area contributed by atoms with Crippen LogP contribution >= 0.6 is 0 Å². The minimum Gasteiger partial charge on any atom is -0.393 e. The Morgan fingerprint density at radius 2 is 1.58 bits per heavy atom. The zero-order valence-electron chi connectivity index (χ0n) is 13.5. The quantitative estimate of drug-likeness (QED) is 0.693. The molecule has 0 aromatic heterocycles. The summed E-state index contributed by atoms with van der Waals surface area (Å²) < 4.78 is 13.1. The van der Waals surface area contributed by atoms with Gasteiger partial charge in [-0.1, -0.05) is 48.5 Å². The summed E-state index contributed by atoms with van der Waals surface area (Å²) in [5, 5.41) is 10.2. The Kier molecular flexibility index (Phi) is 3.71. The van der Waals surface area contributed by atoms with E-state index in [9.17, 15) is 5.11 Å². The summed E-state index contributed by atoms with van der Waals surface area (Å²) in [5.41, 5.74) is 0. The molecule has 112 valence electrons. The molecule has 0 aromatic rings. The normalized spacial score (nSPS) is 39.2. The molecular formula is C15H30O3Si. The van der Waals surface area contributed by atoms with Crippen molar-refractivity contribution in [1.82, 2.24) is 0 Å². The topological polar surface area (TPSA) is 38.7 Å². The summed E-state index contributed by atoms with van der Waals surface area (Å²) in [4.78, 5) is 0. The molecule has 2 fully saturated rings. The van der Waals surface area contributed by atoms with Gasteiger partial charge in [0.2, 0.25) is 0 Å². The first-order valence-electron chi connectivity index (χ1n) is 7.49. The Labute approximate surface area is 118 Å². The minimum atomic E-state index is -2.34. The highest BCUT2D eigenvalue weighted by Gasteiger charge is 2.63. The van der Waals surface area contributed by atoms with E-state index >= 15 is 0 Å². The van der Waals surface area contributed by atoms with Crippen molar-refractivity contribution < 1.29 is 14.0 Å². The molecule has 4 atom stereocenters. The maximum Gasteiger partial charge on any atom is 0.349 e. The fraction of sp³-hybridized carbons (Fsp3) is 1.00. The van der Waals surface area contributed by atoms with Gasteiger partial charge in [-0.3, -0.25) is 0 Å². The van der Waals surface area contributed by atoms with Gasteiger partial charge < -0.3 is 14.0 Å². The van der Waals surface area contributed by atoms with Crippen molar-refractivity contribution in [3.63, 3.8) is 0 Å². The number of fused-ring (bicyclic) bond motifs is 1. The van der Waals surface area contributed by atoms with Crippen LogP contribution in [0.4, 0.5) is 0 Å². The van der Waals surface area contributed by atoms with Gasteiger partial charge in [-0.25, -0.2) is 0 Å². The highest BCUT2D eigenvalue weighted by atomic mass is 28.4. The molecule has 4 unspecified atom stereocenters. The molecule has 2 aliphatic rings. The number of hydrogen-bond donors (Lipinski definition) is 1. The van der Waals surface area contributed by atoms with Crippen LogP contribution in [0.1, 0.15) is 54.9 Å². The molecule has 1 aliphatic carbocycles. The van der Waals surface area contributed by atoms with E-state index in [0.29, 0.717) is 5.92 Å². The van der Waals surface area contributed by atoms with Gasteiger partial charge >= 0.3 is 8.56 Å². The zero-order chi connectivity index (χ0) is 14.6. The third-order valence-electron chi connectivity index (χ3n) is 5.00. The summed E-state index contributed by atoms with van der Waals surface area (Å²) >= 11 is 0. The fourth-order valence-electron chi connectivity index (χ4n) is 4.02. The highest BCUT2D eigenvalue weighted by molar-refractivity contribution is 6.73. The van der Waals surface area contributed by atoms with Crippen molar-refractivity contribution in [2.24, 2.45) is 11.8 Å². The summed E-state index contributed by atoms with van der Waals surface area (Å²) in [6.07, 6.45) is 0.725. The Balaban J connectivity index is 2.31. The summed E-state index contributed by atoms with van der Waals surface area (Å²) in [5.74, 6) is 0.650. The van der Waals surface area contributed by atoms with Crippen LogP contribution in [-0.4, -0.2) is 32.5 Å². The van der Waals surface area contributed by atoms with E-state index in [1.165, 1.54) is 0 Å². The van der Waals surface area contributed by atoms with Gasteiger partial charge in [0.1, 0.15) is 0 Å². The molecule has 4 heteroatoms.